The van der Waals surface area contributed by atoms with Crippen LogP contribution in [0.15, 0.2) is 102 Å². The molecule has 1 aromatic heterocycles. The normalized spacial score (nSPS) is 13.2. The van der Waals surface area contributed by atoms with E-state index in [1.165, 1.54) is 0 Å². The van der Waals surface area contributed by atoms with Crippen molar-refractivity contribution >= 4 is 56.1 Å². The van der Waals surface area contributed by atoms with Crippen molar-refractivity contribution in [2.45, 2.75) is 32.8 Å². The molecule has 0 N–H and O–H groups in total. The molecule has 0 spiro atoms. The maximum absolute atomic E-state index is 13.8. The van der Waals surface area contributed by atoms with Crippen LogP contribution in [-0.2, 0) is 4.74 Å². The minimum Gasteiger partial charge on any atom is -0.450 e. The summed E-state index contributed by atoms with van der Waals surface area (Å²) in [6.45, 7) is 3.84. The van der Waals surface area contributed by atoms with Crippen LogP contribution in [0.2, 0.25) is 0 Å². The van der Waals surface area contributed by atoms with E-state index in [-0.39, 0.29) is 23.2 Å². The smallest absolute Gasteiger partial charge is 0.339 e. The van der Waals surface area contributed by atoms with Gasteiger partial charge in [0.2, 0.25) is 5.78 Å². The molecule has 0 saturated heterocycles. The molecule has 218 valence electrons. The molecule has 2 heterocycles. The molecular weight excluding hydrogens is 620 g/mol. The van der Waals surface area contributed by atoms with Crippen LogP contribution in [0.5, 0.6) is 0 Å². The number of rotatable bonds is 8. The Kier molecular flexibility index (Phi) is 7.93. The summed E-state index contributed by atoms with van der Waals surface area (Å²) in [5.74, 6) is -1.62. The van der Waals surface area contributed by atoms with Crippen molar-refractivity contribution in [3.63, 3.8) is 0 Å². The van der Waals surface area contributed by atoms with Crippen molar-refractivity contribution in [2.75, 3.05) is 4.90 Å². The summed E-state index contributed by atoms with van der Waals surface area (Å²) in [5, 5.41) is 0.593. The summed E-state index contributed by atoms with van der Waals surface area (Å²) < 4.78 is 6.68. The Morgan fingerprint density at radius 2 is 1.50 bits per heavy atom. The highest BCUT2D eigenvalue weighted by Gasteiger charge is 2.36. The molecule has 1 unspecified atom stereocenters. The topological polar surface area (TPSA) is 93.6 Å². The third-order valence-corrected chi connectivity index (χ3v) is 8.11. The van der Waals surface area contributed by atoms with Gasteiger partial charge in [0.1, 0.15) is 0 Å². The molecule has 4 aromatic carbocycles. The number of aryl methyl sites for hydroxylation is 1. The van der Waals surface area contributed by atoms with Crippen molar-refractivity contribution in [3.8, 4) is 11.3 Å². The van der Waals surface area contributed by atoms with E-state index in [1.54, 1.807) is 78.9 Å². The minimum absolute atomic E-state index is 0.250. The van der Waals surface area contributed by atoms with E-state index in [1.807, 2.05) is 32.0 Å². The molecule has 1 atom stereocenters. The number of esters is 1. The number of ether oxygens (including phenoxy) is 1. The number of nitrogens with zero attached hydrogens (tertiary/aromatic N) is 2. The number of hydrogen-bond acceptors (Lipinski definition) is 6. The van der Waals surface area contributed by atoms with Gasteiger partial charge in [0.05, 0.1) is 33.6 Å². The monoisotopic (exact) mass is 646 g/mol. The van der Waals surface area contributed by atoms with Crippen LogP contribution in [0.3, 0.4) is 0 Å². The summed E-state index contributed by atoms with van der Waals surface area (Å²) in [4.78, 5) is 59.1. The number of halogens is 1. The molecule has 8 heteroatoms. The van der Waals surface area contributed by atoms with E-state index in [0.717, 1.165) is 14.9 Å². The minimum atomic E-state index is -0.936. The van der Waals surface area contributed by atoms with Crippen LogP contribution < -0.4 is 4.90 Å². The predicted octanol–water partition coefficient (Wildman–Crippen LogP) is 7.98. The number of carbonyl (C=O) groups excluding carboxylic acids is 4. The number of fused-ring (bicyclic) bond motifs is 2. The molecule has 0 radical (unpaired) electrons. The first kappa shape index (κ1) is 29.1. The van der Waals surface area contributed by atoms with Crippen molar-refractivity contribution in [1.29, 1.82) is 0 Å². The second-order valence-electron chi connectivity index (χ2n) is 10.6. The lowest BCUT2D eigenvalue weighted by molar-refractivity contribution is 0.0268. The molecule has 5 aromatic rings. The highest BCUT2D eigenvalue weighted by molar-refractivity contribution is 9.10. The largest absolute Gasteiger partial charge is 0.450 e. The van der Waals surface area contributed by atoms with Gasteiger partial charge in [-0.2, -0.15) is 0 Å². The summed E-state index contributed by atoms with van der Waals surface area (Å²) in [6.07, 6.45) is 0.106. The lowest BCUT2D eigenvalue weighted by Gasteiger charge is -2.18. The molecule has 2 amide bonds. The van der Waals surface area contributed by atoms with Gasteiger partial charge in [-0.05, 0) is 61.4 Å². The Balaban J connectivity index is 1.36. The van der Waals surface area contributed by atoms with Crippen LogP contribution in [0.25, 0.3) is 22.2 Å². The number of carbonyl (C=O) groups is 4. The second kappa shape index (κ2) is 12.0. The van der Waals surface area contributed by atoms with Gasteiger partial charge in [-0.3, -0.25) is 14.4 Å². The molecule has 44 heavy (non-hydrogen) atoms. The second-order valence-corrected chi connectivity index (χ2v) is 11.5. The first-order valence-electron chi connectivity index (χ1n) is 14.3. The fraction of sp³-hybridized carbons (Fsp3) is 0.139. The first-order chi connectivity index (χ1) is 21.3. The Bertz CT molecular complexity index is 1920. The quantitative estimate of drug-likeness (QED) is 0.0964. The van der Waals surface area contributed by atoms with E-state index in [4.69, 9.17) is 9.72 Å². The van der Waals surface area contributed by atoms with Gasteiger partial charge in [0, 0.05) is 21.0 Å². The fourth-order valence-corrected chi connectivity index (χ4v) is 6.04. The lowest BCUT2D eigenvalue weighted by Crippen LogP contribution is -2.29. The summed E-state index contributed by atoms with van der Waals surface area (Å²) in [6, 6.07) is 27.8. The standard InChI is InChI=1S/C36H27BrN2O5/c1-3-9-31(33(40)23-10-5-4-6-11-23)44-36(43)29-20-30(38-32-21(2)18-24(37)19-28(29)32)22-14-16-25(17-15-22)39-34(41)26-12-7-8-13-27(26)35(39)42/h4-8,10-20,31H,3,9H2,1-2H3. The fourth-order valence-electron chi connectivity index (χ4n) is 5.46. The number of anilines is 1. The molecule has 1 aliphatic heterocycles. The van der Waals surface area contributed by atoms with E-state index in [9.17, 15) is 19.2 Å². The summed E-state index contributed by atoms with van der Waals surface area (Å²) >= 11 is 3.53. The highest BCUT2D eigenvalue weighted by Crippen LogP contribution is 2.33. The maximum Gasteiger partial charge on any atom is 0.339 e. The SMILES string of the molecule is CCCC(OC(=O)c1cc(-c2ccc(N3C(=O)c4ccccc4C3=O)cc2)nc2c(C)cc(Br)cc12)C(=O)c1ccccc1. The van der Waals surface area contributed by atoms with E-state index < -0.39 is 12.1 Å². The first-order valence-corrected chi connectivity index (χ1v) is 15.1. The Morgan fingerprint density at radius 3 is 2.14 bits per heavy atom. The van der Waals surface area contributed by atoms with Gasteiger partial charge in [-0.25, -0.2) is 14.7 Å². The van der Waals surface area contributed by atoms with Gasteiger partial charge in [-0.1, -0.05) is 83.9 Å². The van der Waals surface area contributed by atoms with E-state index >= 15 is 0 Å². The van der Waals surface area contributed by atoms with Crippen molar-refractivity contribution in [1.82, 2.24) is 4.98 Å². The number of pyridine rings is 1. The van der Waals surface area contributed by atoms with Crippen LogP contribution in [0, 0.1) is 6.92 Å². The highest BCUT2D eigenvalue weighted by atomic mass is 79.9. The van der Waals surface area contributed by atoms with Gasteiger partial charge in [0.15, 0.2) is 6.10 Å². The lowest BCUT2D eigenvalue weighted by atomic mass is 10.0. The molecule has 0 aliphatic carbocycles. The molecule has 7 nitrogen and oxygen atoms in total. The molecule has 0 saturated carbocycles. The summed E-state index contributed by atoms with van der Waals surface area (Å²) in [7, 11) is 0. The number of imide groups is 1. The van der Waals surface area contributed by atoms with Crippen LogP contribution in [0.1, 0.15) is 66.8 Å². The Labute approximate surface area is 262 Å². The zero-order chi connectivity index (χ0) is 31.0. The average molecular weight is 648 g/mol. The Hall–Kier alpha value is -4.95. The van der Waals surface area contributed by atoms with Crippen molar-refractivity contribution < 1.29 is 23.9 Å². The number of Topliss-reactive ketones (excluding diaryl/α,β-unsaturated/α-hetero) is 1. The maximum atomic E-state index is 13.8. The Morgan fingerprint density at radius 1 is 0.864 bits per heavy atom. The zero-order valence-corrected chi connectivity index (χ0v) is 25.6. The van der Waals surface area contributed by atoms with Gasteiger partial charge in [0.25, 0.3) is 11.8 Å². The number of benzene rings is 4. The molecule has 6 rings (SSSR count). The molecule has 0 bridgehead atoms. The predicted molar refractivity (Wildman–Crippen MR) is 172 cm³/mol. The number of ketones is 1. The van der Waals surface area contributed by atoms with Crippen molar-refractivity contribution in [3.05, 3.63) is 129 Å². The average Bonchev–Trinajstić information content (AvgIpc) is 3.29. The van der Waals surface area contributed by atoms with Gasteiger partial charge in [-0.15, -0.1) is 0 Å². The van der Waals surface area contributed by atoms with Gasteiger partial charge >= 0.3 is 5.97 Å². The van der Waals surface area contributed by atoms with Gasteiger partial charge < -0.3 is 4.74 Å². The zero-order valence-electron chi connectivity index (χ0n) is 24.0. The van der Waals surface area contributed by atoms with E-state index in [0.29, 0.717) is 57.4 Å². The van der Waals surface area contributed by atoms with Crippen LogP contribution >= 0.6 is 15.9 Å². The molecule has 1 aliphatic rings. The molecule has 0 fully saturated rings. The third-order valence-electron chi connectivity index (χ3n) is 7.65. The number of aromatic nitrogens is 1. The summed E-state index contributed by atoms with van der Waals surface area (Å²) in [5.41, 5.74) is 4.57. The van der Waals surface area contributed by atoms with Crippen LogP contribution in [0.4, 0.5) is 5.69 Å². The number of amides is 2. The number of hydrogen-bond donors (Lipinski definition) is 0. The third kappa shape index (κ3) is 5.33. The van der Waals surface area contributed by atoms with Crippen molar-refractivity contribution in [2.24, 2.45) is 0 Å². The van der Waals surface area contributed by atoms with Crippen LogP contribution in [-0.4, -0.2) is 34.7 Å². The van der Waals surface area contributed by atoms with E-state index in [2.05, 4.69) is 15.9 Å². The molecular formula is C36H27BrN2O5.